The maximum absolute atomic E-state index is 11.9. The fourth-order valence-corrected chi connectivity index (χ4v) is 2.61. The number of ketones is 1. The van der Waals surface area contributed by atoms with Gasteiger partial charge >= 0.3 is 5.97 Å². The summed E-state index contributed by atoms with van der Waals surface area (Å²) in [6.45, 7) is 0. The number of carbonyl (C=O) groups excluding carboxylic acids is 2. The number of thiophene rings is 1. The molecule has 2 aromatic rings. The smallest absolute Gasteiger partial charge is 0.305 e. The highest BCUT2D eigenvalue weighted by Crippen LogP contribution is 2.26. The van der Waals surface area contributed by atoms with E-state index in [9.17, 15) is 9.59 Å². The van der Waals surface area contributed by atoms with Gasteiger partial charge in [-0.3, -0.25) is 9.59 Å². The first-order chi connectivity index (χ1) is 8.22. The van der Waals surface area contributed by atoms with Crippen LogP contribution in [-0.2, 0) is 9.53 Å². The molecule has 0 spiro atoms. The van der Waals surface area contributed by atoms with E-state index < -0.39 is 0 Å². The summed E-state index contributed by atoms with van der Waals surface area (Å²) in [6, 6.07) is 7.77. The zero-order valence-corrected chi connectivity index (χ0v) is 10.3. The molecule has 0 bridgehead atoms. The van der Waals surface area contributed by atoms with Crippen molar-refractivity contribution in [3.63, 3.8) is 0 Å². The zero-order chi connectivity index (χ0) is 12.3. The van der Waals surface area contributed by atoms with Crippen LogP contribution in [-0.4, -0.2) is 18.9 Å². The van der Waals surface area contributed by atoms with Crippen LogP contribution < -0.4 is 0 Å². The Morgan fingerprint density at radius 1 is 1.24 bits per heavy atom. The maximum atomic E-state index is 11.9. The molecule has 0 saturated carbocycles. The van der Waals surface area contributed by atoms with Gasteiger partial charge in [0.25, 0.3) is 0 Å². The minimum absolute atomic E-state index is 0.00662. The highest BCUT2D eigenvalue weighted by atomic mass is 32.1. The first-order valence-electron chi connectivity index (χ1n) is 5.28. The van der Waals surface area contributed by atoms with Crippen molar-refractivity contribution in [2.24, 2.45) is 0 Å². The van der Waals surface area contributed by atoms with Crippen LogP contribution in [0.15, 0.2) is 29.6 Å². The van der Waals surface area contributed by atoms with E-state index in [1.807, 2.05) is 29.6 Å². The van der Waals surface area contributed by atoms with Crippen molar-refractivity contribution in [1.82, 2.24) is 0 Å². The summed E-state index contributed by atoms with van der Waals surface area (Å²) in [6.07, 6.45) is 0.340. The lowest BCUT2D eigenvalue weighted by atomic mass is 10.1. The number of benzene rings is 1. The van der Waals surface area contributed by atoms with E-state index in [0.717, 1.165) is 10.1 Å². The zero-order valence-electron chi connectivity index (χ0n) is 9.43. The van der Waals surface area contributed by atoms with Crippen LogP contribution in [0.1, 0.15) is 23.2 Å². The van der Waals surface area contributed by atoms with E-state index in [4.69, 9.17) is 0 Å². The molecule has 0 aliphatic heterocycles. The standard InChI is InChI=1S/C13H12O3S/c1-16-13(15)7-6-11(14)10-8-17-12-5-3-2-4-9(10)12/h2-5,8H,6-7H2,1H3. The van der Waals surface area contributed by atoms with Crippen molar-refractivity contribution in [2.75, 3.05) is 7.11 Å². The van der Waals surface area contributed by atoms with Gasteiger partial charge in [-0.25, -0.2) is 0 Å². The van der Waals surface area contributed by atoms with Crippen LogP contribution in [0.5, 0.6) is 0 Å². The SMILES string of the molecule is COC(=O)CCC(=O)c1csc2ccccc12. The molecule has 0 unspecified atom stereocenters. The number of hydrogen-bond acceptors (Lipinski definition) is 4. The minimum Gasteiger partial charge on any atom is -0.469 e. The quantitative estimate of drug-likeness (QED) is 0.617. The second kappa shape index (κ2) is 5.10. The number of hydrogen-bond donors (Lipinski definition) is 0. The maximum Gasteiger partial charge on any atom is 0.305 e. The van der Waals surface area contributed by atoms with Gasteiger partial charge in [-0.15, -0.1) is 11.3 Å². The lowest BCUT2D eigenvalue weighted by Crippen LogP contribution is -2.05. The third-order valence-corrected chi connectivity index (χ3v) is 3.53. The molecule has 1 heterocycles. The van der Waals surface area contributed by atoms with Gasteiger partial charge < -0.3 is 4.74 Å². The Labute approximate surface area is 103 Å². The normalized spacial score (nSPS) is 10.4. The van der Waals surface area contributed by atoms with E-state index in [0.29, 0.717) is 5.56 Å². The highest BCUT2D eigenvalue weighted by Gasteiger charge is 2.13. The largest absolute Gasteiger partial charge is 0.469 e. The van der Waals surface area contributed by atoms with Crippen LogP contribution in [0.25, 0.3) is 10.1 Å². The molecule has 88 valence electrons. The van der Waals surface area contributed by atoms with Gasteiger partial charge in [0, 0.05) is 27.5 Å². The van der Waals surface area contributed by atoms with Crippen LogP contribution >= 0.6 is 11.3 Å². The van der Waals surface area contributed by atoms with Gasteiger partial charge in [0.05, 0.1) is 13.5 Å². The van der Waals surface area contributed by atoms with Crippen molar-refractivity contribution in [1.29, 1.82) is 0 Å². The Morgan fingerprint density at radius 3 is 2.76 bits per heavy atom. The summed E-state index contributed by atoms with van der Waals surface area (Å²) in [5, 5.41) is 2.82. The molecule has 0 aliphatic carbocycles. The Bertz CT molecular complexity index is 557. The molecule has 0 radical (unpaired) electrons. The predicted octanol–water partition coefficient (Wildman–Crippen LogP) is 3.04. The van der Waals surface area contributed by atoms with E-state index in [-0.39, 0.29) is 24.6 Å². The molecule has 0 atom stereocenters. The first kappa shape index (κ1) is 11.8. The monoisotopic (exact) mass is 248 g/mol. The first-order valence-corrected chi connectivity index (χ1v) is 6.16. The van der Waals surface area contributed by atoms with Crippen LogP contribution in [0.4, 0.5) is 0 Å². The summed E-state index contributed by atoms with van der Waals surface area (Å²) in [5.41, 5.74) is 0.703. The topological polar surface area (TPSA) is 43.4 Å². The van der Waals surface area contributed by atoms with Gasteiger partial charge in [-0.1, -0.05) is 18.2 Å². The fourth-order valence-electron chi connectivity index (χ4n) is 1.65. The molecular weight excluding hydrogens is 236 g/mol. The Kier molecular flexibility index (Phi) is 3.54. The van der Waals surface area contributed by atoms with E-state index in [1.165, 1.54) is 7.11 Å². The average molecular weight is 248 g/mol. The summed E-state index contributed by atoms with van der Waals surface area (Å²) in [4.78, 5) is 22.9. The number of rotatable bonds is 4. The van der Waals surface area contributed by atoms with Crippen LogP contribution in [0, 0.1) is 0 Å². The number of carbonyl (C=O) groups is 2. The molecule has 0 saturated heterocycles. The van der Waals surface area contributed by atoms with Crippen molar-refractivity contribution in [3.05, 3.63) is 35.2 Å². The van der Waals surface area contributed by atoms with Crippen molar-refractivity contribution in [3.8, 4) is 0 Å². The van der Waals surface area contributed by atoms with Gasteiger partial charge in [0.15, 0.2) is 5.78 Å². The van der Waals surface area contributed by atoms with Gasteiger partial charge in [-0.2, -0.15) is 0 Å². The second-order valence-electron chi connectivity index (χ2n) is 3.64. The fraction of sp³-hybridized carbons (Fsp3) is 0.231. The third kappa shape index (κ3) is 2.53. The minimum atomic E-state index is -0.349. The molecule has 2 rings (SSSR count). The molecule has 0 fully saturated rings. The van der Waals surface area contributed by atoms with Crippen molar-refractivity contribution < 1.29 is 14.3 Å². The number of Topliss-reactive ketones (excluding diaryl/α,β-unsaturated/α-hetero) is 1. The molecule has 0 N–H and O–H groups in total. The van der Waals surface area contributed by atoms with Gasteiger partial charge in [0.2, 0.25) is 0 Å². The molecule has 4 heteroatoms. The van der Waals surface area contributed by atoms with Crippen LogP contribution in [0.2, 0.25) is 0 Å². The Hall–Kier alpha value is -1.68. The molecular formula is C13H12O3S. The van der Waals surface area contributed by atoms with Gasteiger partial charge in [-0.05, 0) is 6.07 Å². The molecule has 1 aromatic heterocycles. The lowest BCUT2D eigenvalue weighted by molar-refractivity contribution is -0.140. The summed E-state index contributed by atoms with van der Waals surface area (Å²) in [7, 11) is 1.33. The second-order valence-corrected chi connectivity index (χ2v) is 4.56. The molecule has 0 aliphatic rings. The molecule has 3 nitrogen and oxygen atoms in total. The molecule has 0 amide bonds. The third-order valence-electron chi connectivity index (χ3n) is 2.57. The summed E-state index contributed by atoms with van der Waals surface area (Å²) < 4.78 is 5.61. The van der Waals surface area contributed by atoms with Crippen LogP contribution in [0.3, 0.4) is 0 Å². The number of fused-ring (bicyclic) bond motifs is 1. The average Bonchev–Trinajstić information content (AvgIpc) is 2.79. The number of esters is 1. The van der Waals surface area contributed by atoms with Gasteiger partial charge in [0.1, 0.15) is 0 Å². The summed E-state index contributed by atoms with van der Waals surface area (Å²) in [5.74, 6) is -0.356. The number of ether oxygens (including phenoxy) is 1. The van der Waals surface area contributed by atoms with Crippen molar-refractivity contribution >= 4 is 33.2 Å². The Balaban J connectivity index is 2.17. The lowest BCUT2D eigenvalue weighted by Gasteiger charge is -1.99. The predicted molar refractivity (Wildman–Crippen MR) is 67.4 cm³/mol. The molecule has 17 heavy (non-hydrogen) atoms. The van der Waals surface area contributed by atoms with E-state index >= 15 is 0 Å². The van der Waals surface area contributed by atoms with Crippen molar-refractivity contribution in [2.45, 2.75) is 12.8 Å². The molecule has 1 aromatic carbocycles. The number of methoxy groups -OCH3 is 1. The van der Waals surface area contributed by atoms with E-state index in [1.54, 1.807) is 11.3 Å². The highest BCUT2D eigenvalue weighted by molar-refractivity contribution is 7.17. The summed E-state index contributed by atoms with van der Waals surface area (Å²) >= 11 is 1.55. The van der Waals surface area contributed by atoms with E-state index in [2.05, 4.69) is 4.74 Å². The Morgan fingerprint density at radius 2 is 2.00 bits per heavy atom.